The third kappa shape index (κ3) is 4.82. The van der Waals surface area contributed by atoms with E-state index in [1.54, 1.807) is 0 Å². The third-order valence-electron chi connectivity index (χ3n) is 7.02. The van der Waals surface area contributed by atoms with Gasteiger partial charge in [-0.1, -0.05) is 0 Å². The van der Waals surface area contributed by atoms with Gasteiger partial charge >= 0.3 is 7.82 Å². The summed E-state index contributed by atoms with van der Waals surface area (Å²) in [5.41, 5.74) is 11.4. The normalized spacial score (nSPS) is 31.3. The quantitative estimate of drug-likeness (QED) is 0.0926. The molecular formula is C21H26N9O11P. The zero-order chi connectivity index (χ0) is 29.9. The number of phosphoric ester groups is 1. The molecule has 1 unspecified atom stereocenters. The molecule has 20 nitrogen and oxygen atoms in total. The molecule has 2 fully saturated rings. The maximum atomic E-state index is 13.0. The summed E-state index contributed by atoms with van der Waals surface area (Å²) in [6.45, 7) is -1.41. The number of aliphatic hydroxyl groups is 4. The SMILES string of the molecule is Nc1nc2c(ccn2[C@@H]2O[C@H](CO)[C@@H](O)[C@H]2OP(=O)(O)OC[C@H]2O[C@@H](n3cnc4c(N)ncnc43)[C@H](O)[C@@H]2O)c(=O)[nH]1. The number of anilines is 2. The second-order valence-corrected chi connectivity index (χ2v) is 11.0. The molecule has 9 atom stereocenters. The molecule has 4 aromatic heterocycles. The molecule has 4 aromatic rings. The minimum Gasteiger partial charge on any atom is -0.394 e. The van der Waals surface area contributed by atoms with E-state index in [1.807, 2.05) is 0 Å². The first kappa shape index (κ1) is 28.6. The van der Waals surface area contributed by atoms with E-state index < -0.39 is 75.7 Å². The average molecular weight is 611 g/mol. The van der Waals surface area contributed by atoms with Crippen molar-refractivity contribution in [1.82, 2.24) is 34.1 Å². The third-order valence-corrected chi connectivity index (χ3v) is 8.01. The van der Waals surface area contributed by atoms with Crippen molar-refractivity contribution in [3.05, 3.63) is 35.3 Å². The molecule has 0 radical (unpaired) electrons. The molecule has 21 heteroatoms. The van der Waals surface area contributed by atoms with Gasteiger partial charge in [-0.25, -0.2) is 19.5 Å². The number of phosphoric acid groups is 1. The highest BCUT2D eigenvalue weighted by atomic mass is 31.2. The largest absolute Gasteiger partial charge is 0.472 e. The Morgan fingerprint density at radius 2 is 1.79 bits per heavy atom. The first-order valence-electron chi connectivity index (χ1n) is 12.4. The standard InChI is InChI=1S/C21H26N9O11P/c22-15-10-17(25-5-24-15)30(6-26-10)19-13(34)11(32)9(40-19)4-38-42(36,37)41-14-12(33)8(3-31)39-20(14)29-2-1-7-16(29)27-21(23)28-18(7)35/h1-2,5-6,8-9,11-14,19-20,31-34H,3-4H2,(H,36,37)(H2,22,24,25)(H3,23,27,28,35)/t8-,9-,11-,12-,13-,14-,19-,20-/m1/s1. The van der Waals surface area contributed by atoms with Gasteiger partial charge in [0.1, 0.15) is 48.5 Å². The van der Waals surface area contributed by atoms with E-state index >= 15 is 0 Å². The number of nitrogens with one attached hydrogen (secondary N) is 1. The highest BCUT2D eigenvalue weighted by Gasteiger charge is 2.50. The molecule has 226 valence electrons. The number of hydrogen-bond acceptors (Lipinski definition) is 16. The van der Waals surface area contributed by atoms with Gasteiger partial charge in [-0.3, -0.25) is 23.4 Å². The number of nitrogen functional groups attached to an aromatic ring is 2. The van der Waals surface area contributed by atoms with Crippen LogP contribution in [0.3, 0.4) is 0 Å². The first-order chi connectivity index (χ1) is 20.0. The molecule has 0 amide bonds. The van der Waals surface area contributed by atoms with Crippen LogP contribution in [0.25, 0.3) is 22.2 Å². The van der Waals surface area contributed by atoms with Crippen LogP contribution in [-0.4, -0.2) is 109 Å². The first-order valence-corrected chi connectivity index (χ1v) is 13.9. The molecule has 0 aliphatic carbocycles. The number of fused-ring (bicyclic) bond motifs is 2. The van der Waals surface area contributed by atoms with Gasteiger partial charge in [0.25, 0.3) is 5.56 Å². The predicted octanol–water partition coefficient (Wildman–Crippen LogP) is -2.90. The summed E-state index contributed by atoms with van der Waals surface area (Å²) in [5.74, 6) is -0.127. The van der Waals surface area contributed by atoms with Crippen molar-refractivity contribution in [2.24, 2.45) is 0 Å². The van der Waals surface area contributed by atoms with Gasteiger partial charge in [0.05, 0.1) is 24.9 Å². The number of H-pyrrole nitrogens is 1. The second-order valence-electron chi connectivity index (χ2n) is 9.61. The molecule has 2 aliphatic rings. The van der Waals surface area contributed by atoms with Gasteiger partial charge in [-0.15, -0.1) is 0 Å². The van der Waals surface area contributed by atoms with Crippen LogP contribution in [0.15, 0.2) is 29.7 Å². The van der Waals surface area contributed by atoms with Crippen molar-refractivity contribution in [2.45, 2.75) is 49.1 Å². The Morgan fingerprint density at radius 1 is 1.02 bits per heavy atom. The fourth-order valence-corrected chi connectivity index (χ4v) is 5.91. The van der Waals surface area contributed by atoms with Crippen LogP contribution in [0.2, 0.25) is 0 Å². The molecule has 0 spiro atoms. The second kappa shape index (κ2) is 10.6. The Morgan fingerprint density at radius 3 is 2.55 bits per heavy atom. The van der Waals surface area contributed by atoms with Crippen LogP contribution >= 0.6 is 7.82 Å². The highest BCUT2D eigenvalue weighted by Crippen LogP contribution is 2.50. The number of aliphatic hydroxyl groups excluding tert-OH is 4. The fraction of sp³-hybridized carbons (Fsp3) is 0.476. The summed E-state index contributed by atoms with van der Waals surface area (Å²) in [7, 11) is -5.04. The van der Waals surface area contributed by atoms with Crippen LogP contribution in [0.5, 0.6) is 0 Å². The minimum absolute atomic E-state index is 0.0240. The summed E-state index contributed by atoms with van der Waals surface area (Å²) in [6, 6.07) is 1.39. The highest BCUT2D eigenvalue weighted by molar-refractivity contribution is 7.47. The number of nitrogens with zero attached hydrogens (tertiary/aromatic N) is 6. The molecule has 0 bridgehead atoms. The lowest BCUT2D eigenvalue weighted by Crippen LogP contribution is -2.36. The molecule has 2 aliphatic heterocycles. The molecule has 0 aromatic carbocycles. The topological polar surface area (TPSA) is 301 Å². The lowest BCUT2D eigenvalue weighted by Gasteiger charge is -2.25. The summed E-state index contributed by atoms with van der Waals surface area (Å²) in [4.78, 5) is 41.2. The summed E-state index contributed by atoms with van der Waals surface area (Å²) < 4.78 is 37.3. The Labute approximate surface area is 233 Å². The minimum atomic E-state index is -5.04. The summed E-state index contributed by atoms with van der Waals surface area (Å²) in [6.07, 6.45) is -7.60. The van der Waals surface area contributed by atoms with Crippen molar-refractivity contribution >= 4 is 41.8 Å². The lowest BCUT2D eigenvalue weighted by molar-refractivity contribution is -0.0614. The zero-order valence-corrected chi connectivity index (χ0v) is 22.2. The monoisotopic (exact) mass is 611 g/mol. The molecule has 2 saturated heterocycles. The van der Waals surface area contributed by atoms with Crippen LogP contribution in [-0.2, 0) is 23.1 Å². The Hall–Kier alpha value is -3.56. The average Bonchev–Trinajstić information content (AvgIpc) is 3.69. The molecule has 6 heterocycles. The Balaban J connectivity index is 1.19. The van der Waals surface area contributed by atoms with Gasteiger partial charge in [-0.05, 0) is 6.07 Å². The summed E-state index contributed by atoms with van der Waals surface area (Å²) >= 11 is 0. The van der Waals surface area contributed by atoms with Crippen molar-refractivity contribution in [2.75, 3.05) is 24.7 Å². The van der Waals surface area contributed by atoms with E-state index in [0.717, 1.165) is 0 Å². The molecular weight excluding hydrogens is 585 g/mol. The number of nitrogens with two attached hydrogens (primary N) is 2. The number of ether oxygens (including phenoxy) is 2. The van der Waals surface area contributed by atoms with Gasteiger partial charge in [0.15, 0.2) is 29.6 Å². The molecule has 0 saturated carbocycles. The smallest absolute Gasteiger partial charge is 0.394 e. The summed E-state index contributed by atoms with van der Waals surface area (Å²) in [5, 5.41) is 41.7. The van der Waals surface area contributed by atoms with E-state index in [0.29, 0.717) is 0 Å². The van der Waals surface area contributed by atoms with Gasteiger partial charge in [0.2, 0.25) is 5.95 Å². The van der Waals surface area contributed by atoms with Gasteiger partial charge in [-0.2, -0.15) is 4.98 Å². The van der Waals surface area contributed by atoms with E-state index in [2.05, 4.69) is 24.9 Å². The number of aromatic nitrogens is 7. The van der Waals surface area contributed by atoms with Crippen molar-refractivity contribution in [3.63, 3.8) is 0 Å². The maximum Gasteiger partial charge on any atom is 0.472 e. The van der Waals surface area contributed by atoms with E-state index in [4.69, 9.17) is 30.0 Å². The maximum absolute atomic E-state index is 13.0. The number of imidazole rings is 1. The van der Waals surface area contributed by atoms with Crippen LogP contribution in [0.4, 0.5) is 11.8 Å². The van der Waals surface area contributed by atoms with Gasteiger partial charge in [0, 0.05) is 6.20 Å². The Kier molecular flexibility index (Phi) is 7.22. The lowest BCUT2D eigenvalue weighted by atomic mass is 10.1. The Bertz CT molecular complexity index is 1730. The van der Waals surface area contributed by atoms with Crippen LogP contribution in [0.1, 0.15) is 12.5 Å². The zero-order valence-electron chi connectivity index (χ0n) is 21.3. The molecule has 6 rings (SSSR count). The fourth-order valence-electron chi connectivity index (χ4n) is 4.98. The van der Waals surface area contributed by atoms with Crippen molar-refractivity contribution < 1.29 is 48.4 Å². The van der Waals surface area contributed by atoms with Crippen molar-refractivity contribution in [3.8, 4) is 0 Å². The number of hydrogen-bond donors (Lipinski definition) is 8. The number of rotatable bonds is 8. The molecule has 42 heavy (non-hydrogen) atoms. The predicted molar refractivity (Wildman–Crippen MR) is 138 cm³/mol. The number of aromatic amines is 1. The van der Waals surface area contributed by atoms with E-state index in [9.17, 15) is 34.7 Å². The van der Waals surface area contributed by atoms with Crippen LogP contribution < -0.4 is 17.0 Å². The molecule has 10 N–H and O–H groups in total. The van der Waals surface area contributed by atoms with E-state index in [-0.39, 0.29) is 34.0 Å². The van der Waals surface area contributed by atoms with E-state index in [1.165, 1.54) is 34.1 Å². The van der Waals surface area contributed by atoms with Gasteiger partial charge < -0.3 is 50.8 Å². The van der Waals surface area contributed by atoms with Crippen LogP contribution in [0, 0.1) is 0 Å². The van der Waals surface area contributed by atoms with Crippen molar-refractivity contribution in [1.29, 1.82) is 0 Å².